The van der Waals surface area contributed by atoms with E-state index in [-0.39, 0.29) is 5.96 Å². The number of rotatable bonds is 2. The summed E-state index contributed by atoms with van der Waals surface area (Å²) in [6, 6.07) is 6.18. The van der Waals surface area contributed by atoms with Gasteiger partial charge >= 0.3 is 0 Å². The van der Waals surface area contributed by atoms with Gasteiger partial charge in [0.1, 0.15) is 5.66 Å². The molecule has 0 atom stereocenters. The number of hydrogen-bond acceptors (Lipinski definition) is 6. The van der Waals surface area contributed by atoms with Crippen LogP contribution in [0.2, 0.25) is 0 Å². The van der Waals surface area contributed by atoms with Gasteiger partial charge in [-0.2, -0.15) is 4.99 Å². The van der Waals surface area contributed by atoms with Crippen LogP contribution < -0.4 is 21.7 Å². The molecule has 1 aliphatic carbocycles. The average molecular weight is 300 g/mol. The summed E-state index contributed by atoms with van der Waals surface area (Å²) in [5.74, 6) is 0.714. The van der Waals surface area contributed by atoms with E-state index >= 15 is 0 Å². The molecule has 0 unspecified atom stereocenters. The van der Waals surface area contributed by atoms with E-state index in [0.29, 0.717) is 5.96 Å². The summed E-state index contributed by atoms with van der Waals surface area (Å²) in [6.45, 7) is 2.08. The van der Waals surface area contributed by atoms with E-state index in [0.717, 1.165) is 37.1 Å². The van der Waals surface area contributed by atoms with E-state index < -0.39 is 5.66 Å². The zero-order chi connectivity index (χ0) is 15.7. The average Bonchev–Trinajstić information content (AvgIpc) is 2.47. The van der Waals surface area contributed by atoms with Gasteiger partial charge in [-0.3, -0.25) is 4.90 Å². The predicted octanol–water partition coefficient (Wildman–Crippen LogP) is 2.15. The Bertz CT molecular complexity index is 628. The van der Waals surface area contributed by atoms with Gasteiger partial charge in [-0.15, -0.1) is 0 Å². The Labute approximate surface area is 131 Å². The van der Waals surface area contributed by atoms with Gasteiger partial charge in [-0.05, 0) is 44.2 Å². The molecule has 118 valence electrons. The Balaban J connectivity index is 2.14. The third-order valence-corrected chi connectivity index (χ3v) is 4.59. The van der Waals surface area contributed by atoms with Crippen molar-refractivity contribution in [2.24, 2.45) is 21.5 Å². The Morgan fingerprint density at radius 1 is 1.18 bits per heavy atom. The first kappa shape index (κ1) is 14.7. The predicted molar refractivity (Wildman–Crippen MR) is 92.3 cm³/mol. The fourth-order valence-electron chi connectivity index (χ4n) is 3.63. The van der Waals surface area contributed by atoms with E-state index in [1.165, 1.54) is 12.0 Å². The van der Waals surface area contributed by atoms with Crippen molar-refractivity contribution >= 4 is 23.3 Å². The van der Waals surface area contributed by atoms with E-state index in [1.54, 1.807) is 0 Å². The van der Waals surface area contributed by atoms with Crippen molar-refractivity contribution in [3.05, 3.63) is 23.8 Å². The Kier molecular flexibility index (Phi) is 3.68. The minimum Gasteiger partial charge on any atom is -0.386 e. The first-order valence-electron chi connectivity index (χ1n) is 7.84. The lowest BCUT2D eigenvalue weighted by molar-refractivity contribution is 0.305. The number of aliphatic imine (C=N–C) groups is 2. The molecule has 0 radical (unpaired) electrons. The Morgan fingerprint density at radius 2 is 1.91 bits per heavy atom. The molecule has 1 aromatic carbocycles. The normalized spacial score (nSPS) is 20.5. The molecule has 1 fully saturated rings. The summed E-state index contributed by atoms with van der Waals surface area (Å²) in [6.07, 6.45) is 5.37. The zero-order valence-electron chi connectivity index (χ0n) is 13.3. The van der Waals surface area contributed by atoms with Crippen LogP contribution in [0.25, 0.3) is 0 Å². The summed E-state index contributed by atoms with van der Waals surface area (Å²) in [5.41, 5.74) is 15.0. The maximum absolute atomic E-state index is 6.27. The highest BCUT2D eigenvalue weighted by molar-refractivity contribution is 6.07. The van der Waals surface area contributed by atoms with Crippen molar-refractivity contribution in [3.63, 3.8) is 0 Å². The lowest BCUT2D eigenvalue weighted by Crippen LogP contribution is -2.58. The topological polar surface area (TPSA) is 92.0 Å². The Morgan fingerprint density at radius 3 is 2.59 bits per heavy atom. The molecule has 1 spiro atoms. The highest BCUT2D eigenvalue weighted by atomic mass is 15.4. The summed E-state index contributed by atoms with van der Waals surface area (Å²) in [4.78, 5) is 11.0. The molecule has 1 heterocycles. The monoisotopic (exact) mass is 300 g/mol. The molecule has 6 heteroatoms. The number of para-hydroxylation sites is 1. The number of anilines is 2. The number of aryl methyl sites for hydroxylation is 1. The zero-order valence-corrected chi connectivity index (χ0v) is 13.3. The van der Waals surface area contributed by atoms with Gasteiger partial charge in [0.15, 0.2) is 0 Å². The molecule has 0 saturated heterocycles. The summed E-state index contributed by atoms with van der Waals surface area (Å²) < 4.78 is 0. The van der Waals surface area contributed by atoms with Crippen LogP contribution in [0.4, 0.5) is 11.4 Å². The second kappa shape index (κ2) is 5.51. The number of guanidine groups is 2. The number of nitrogens with two attached hydrogens (primary N) is 2. The molecular formula is C16H24N6. The van der Waals surface area contributed by atoms with Crippen LogP contribution in [-0.4, -0.2) is 24.6 Å². The van der Waals surface area contributed by atoms with E-state index in [4.69, 9.17) is 16.5 Å². The van der Waals surface area contributed by atoms with Gasteiger partial charge in [-0.25, -0.2) is 4.99 Å². The lowest BCUT2D eigenvalue weighted by Gasteiger charge is -2.46. The first-order valence-corrected chi connectivity index (χ1v) is 7.84. The van der Waals surface area contributed by atoms with Crippen LogP contribution in [0.3, 0.4) is 0 Å². The van der Waals surface area contributed by atoms with E-state index in [9.17, 15) is 0 Å². The van der Waals surface area contributed by atoms with Crippen molar-refractivity contribution in [2.75, 3.05) is 17.3 Å². The molecule has 1 aromatic rings. The second-order valence-corrected chi connectivity index (χ2v) is 6.04. The Hall–Kier alpha value is -2.24. The lowest BCUT2D eigenvalue weighted by atomic mass is 9.87. The highest BCUT2D eigenvalue weighted by Crippen LogP contribution is 2.42. The molecule has 22 heavy (non-hydrogen) atoms. The van der Waals surface area contributed by atoms with Crippen molar-refractivity contribution in [1.82, 2.24) is 0 Å². The molecule has 0 amide bonds. The third-order valence-electron chi connectivity index (χ3n) is 4.59. The van der Waals surface area contributed by atoms with E-state index in [1.807, 2.05) is 13.1 Å². The fourth-order valence-corrected chi connectivity index (χ4v) is 3.63. The molecule has 3 rings (SSSR count). The van der Waals surface area contributed by atoms with Crippen LogP contribution in [0.15, 0.2) is 28.2 Å². The van der Waals surface area contributed by atoms with Gasteiger partial charge in [0.25, 0.3) is 0 Å². The fraction of sp³-hybridized carbons (Fsp3) is 0.500. The molecule has 5 N–H and O–H groups in total. The van der Waals surface area contributed by atoms with Crippen LogP contribution in [0, 0.1) is 6.92 Å². The van der Waals surface area contributed by atoms with Gasteiger partial charge in [0.05, 0.1) is 11.4 Å². The minimum absolute atomic E-state index is 0.286. The van der Waals surface area contributed by atoms with Gasteiger partial charge in [0, 0.05) is 7.05 Å². The number of hydrogen-bond donors (Lipinski definition) is 3. The molecule has 2 aliphatic rings. The van der Waals surface area contributed by atoms with Crippen LogP contribution in [0.1, 0.15) is 37.7 Å². The molecule has 1 saturated carbocycles. The van der Waals surface area contributed by atoms with Crippen LogP contribution >= 0.6 is 0 Å². The summed E-state index contributed by atoms with van der Waals surface area (Å²) in [7, 11) is 1.92. The quantitative estimate of drug-likeness (QED) is 0.780. The molecule has 0 aromatic heterocycles. The first-order chi connectivity index (χ1) is 10.6. The maximum Gasteiger partial charge on any atom is 0.220 e. The van der Waals surface area contributed by atoms with Crippen molar-refractivity contribution in [2.45, 2.75) is 44.7 Å². The largest absolute Gasteiger partial charge is 0.386 e. The van der Waals surface area contributed by atoms with Crippen molar-refractivity contribution in [3.8, 4) is 0 Å². The van der Waals surface area contributed by atoms with Crippen LogP contribution in [0.5, 0.6) is 0 Å². The number of nitrogens with one attached hydrogen (secondary N) is 1. The molecule has 0 bridgehead atoms. The van der Waals surface area contributed by atoms with Crippen LogP contribution in [-0.2, 0) is 0 Å². The summed E-state index contributed by atoms with van der Waals surface area (Å²) >= 11 is 0. The van der Waals surface area contributed by atoms with Gasteiger partial charge in [0.2, 0.25) is 11.9 Å². The second-order valence-electron chi connectivity index (χ2n) is 6.04. The van der Waals surface area contributed by atoms with Gasteiger partial charge < -0.3 is 16.8 Å². The highest BCUT2D eigenvalue weighted by Gasteiger charge is 2.43. The number of benzene rings is 1. The SMILES string of the molecule is CNc1c(C)cccc1N1C(N)=NC(N)=NC12CCCCC2. The molecule has 1 aliphatic heterocycles. The number of nitrogens with zero attached hydrogens (tertiary/aromatic N) is 3. The standard InChI is InChI=1S/C16H24N6/c1-11-7-6-8-12(13(11)19-2)22-15(18)20-14(17)21-16(22)9-4-3-5-10-16/h6-8,19H,3-5,9-10H2,1-2H3,(H4,17,18,20,21). The van der Waals surface area contributed by atoms with Crippen molar-refractivity contribution < 1.29 is 0 Å². The molecular weight excluding hydrogens is 276 g/mol. The smallest absolute Gasteiger partial charge is 0.220 e. The maximum atomic E-state index is 6.27. The van der Waals surface area contributed by atoms with Gasteiger partial charge in [-0.1, -0.05) is 18.6 Å². The van der Waals surface area contributed by atoms with E-state index in [2.05, 4.69) is 34.3 Å². The minimum atomic E-state index is -0.395. The molecule has 6 nitrogen and oxygen atoms in total. The van der Waals surface area contributed by atoms with Crippen molar-refractivity contribution in [1.29, 1.82) is 0 Å². The third kappa shape index (κ3) is 2.28. The summed E-state index contributed by atoms with van der Waals surface area (Å²) in [5, 5.41) is 3.28.